The maximum atomic E-state index is 6.67. The molecule has 2 aromatic carbocycles. The molecule has 2 aliphatic rings. The number of nitrogens with zero attached hydrogens (tertiary/aromatic N) is 2. The molecule has 3 heterocycles. The van der Waals surface area contributed by atoms with Crippen molar-refractivity contribution in [1.82, 2.24) is 9.01 Å². The summed E-state index contributed by atoms with van der Waals surface area (Å²) in [5, 5.41) is 1.28. The van der Waals surface area contributed by atoms with Gasteiger partial charge in [0, 0.05) is 41.7 Å². The van der Waals surface area contributed by atoms with Crippen LogP contribution in [-0.2, 0) is 5.41 Å². The number of aryl methyl sites for hydroxylation is 1. The maximum Gasteiger partial charge on any atom is 0.142 e. The molecule has 0 aliphatic carbocycles. The minimum Gasteiger partial charge on any atom is -0.456 e. The maximum absolute atomic E-state index is 6.67. The highest BCUT2D eigenvalue weighted by Gasteiger charge is 2.38. The van der Waals surface area contributed by atoms with Gasteiger partial charge in [-0.05, 0) is 37.1 Å². The Morgan fingerprint density at radius 3 is 2.36 bits per heavy atom. The summed E-state index contributed by atoms with van der Waals surface area (Å²) in [5.74, 6) is 2.06. The van der Waals surface area contributed by atoms with Crippen LogP contribution in [0, 0.1) is 6.92 Å². The van der Waals surface area contributed by atoms with Gasteiger partial charge in [-0.2, -0.15) is 0 Å². The smallest absolute Gasteiger partial charge is 0.142 e. The van der Waals surface area contributed by atoms with Gasteiger partial charge >= 0.3 is 0 Å². The molecule has 3 aromatic rings. The van der Waals surface area contributed by atoms with Gasteiger partial charge in [-0.15, -0.1) is 0 Å². The van der Waals surface area contributed by atoms with Crippen molar-refractivity contribution < 1.29 is 4.74 Å². The van der Waals surface area contributed by atoms with Crippen LogP contribution in [0.15, 0.2) is 73.2 Å². The third-order valence-electron chi connectivity index (χ3n) is 5.83. The van der Waals surface area contributed by atoms with E-state index in [-0.39, 0.29) is 5.41 Å². The Balaban J connectivity index is 1.72. The third-order valence-corrected chi connectivity index (χ3v) is 8.13. The first-order chi connectivity index (χ1) is 13.6. The highest BCUT2D eigenvalue weighted by Crippen LogP contribution is 2.53. The van der Waals surface area contributed by atoms with Gasteiger partial charge in [-0.25, -0.2) is 0 Å². The highest BCUT2D eigenvalue weighted by atomic mass is 31.1. The number of rotatable bonds is 3. The normalized spacial score (nSPS) is 17.8. The molecule has 1 aromatic heterocycles. The van der Waals surface area contributed by atoms with Crippen LogP contribution in [-0.4, -0.2) is 15.6 Å². The van der Waals surface area contributed by atoms with Crippen LogP contribution >= 0.6 is 8.22 Å². The molecule has 0 amide bonds. The lowest BCUT2D eigenvalue weighted by atomic mass is 9.75. The summed E-state index contributed by atoms with van der Waals surface area (Å²) in [5.41, 5.74) is 3.63. The molecule has 0 N–H and O–H groups in total. The van der Waals surface area contributed by atoms with E-state index >= 15 is 0 Å². The van der Waals surface area contributed by atoms with E-state index in [2.05, 4.69) is 103 Å². The lowest BCUT2D eigenvalue weighted by Crippen LogP contribution is -2.29. The summed E-state index contributed by atoms with van der Waals surface area (Å²) in [6, 6.07) is 17.4. The third kappa shape index (κ3) is 2.61. The average Bonchev–Trinajstić information content (AvgIpc) is 3.38. The van der Waals surface area contributed by atoms with Gasteiger partial charge in [0.2, 0.25) is 0 Å². The SMILES string of the molecule is Cc1cccc2c1Oc1c(P(N3C=CCC3)n3cccc3)cccc1C2(C)C. The largest absolute Gasteiger partial charge is 0.456 e. The average molecular weight is 388 g/mol. The second-order valence-corrected chi connectivity index (χ2v) is 10.1. The van der Waals surface area contributed by atoms with E-state index in [4.69, 9.17) is 4.74 Å². The van der Waals surface area contributed by atoms with E-state index in [1.165, 1.54) is 22.0 Å². The van der Waals surface area contributed by atoms with E-state index in [0.29, 0.717) is 0 Å². The summed E-state index contributed by atoms with van der Waals surface area (Å²) in [6.07, 6.45) is 9.95. The molecule has 0 saturated heterocycles. The van der Waals surface area contributed by atoms with Crippen molar-refractivity contribution in [2.45, 2.75) is 32.6 Å². The number of fused-ring (bicyclic) bond motifs is 2. The molecular formula is C24H25N2OP. The van der Waals surface area contributed by atoms with Crippen LogP contribution in [0.1, 0.15) is 37.0 Å². The molecule has 142 valence electrons. The Kier molecular flexibility index (Phi) is 4.10. The van der Waals surface area contributed by atoms with Crippen LogP contribution in [0.5, 0.6) is 11.5 Å². The fourth-order valence-electron chi connectivity index (χ4n) is 4.29. The van der Waals surface area contributed by atoms with E-state index in [1.807, 2.05) is 0 Å². The molecule has 1 atom stereocenters. The number of benzene rings is 2. The minimum absolute atomic E-state index is 0.0938. The van der Waals surface area contributed by atoms with Crippen molar-refractivity contribution in [3.05, 3.63) is 89.9 Å². The Hall–Kier alpha value is -2.51. The summed E-state index contributed by atoms with van der Waals surface area (Å²) < 4.78 is 11.5. The van der Waals surface area contributed by atoms with Crippen LogP contribution in [0.2, 0.25) is 0 Å². The van der Waals surface area contributed by atoms with E-state index in [1.54, 1.807) is 0 Å². The summed E-state index contributed by atoms with van der Waals surface area (Å²) in [4.78, 5) is 0. The number of hydrogen-bond acceptors (Lipinski definition) is 2. The Morgan fingerprint density at radius 1 is 0.929 bits per heavy atom. The molecule has 3 nitrogen and oxygen atoms in total. The van der Waals surface area contributed by atoms with Crippen LogP contribution in [0.4, 0.5) is 0 Å². The first-order valence-corrected chi connectivity index (χ1v) is 11.1. The topological polar surface area (TPSA) is 17.4 Å². The molecule has 1 unspecified atom stereocenters. The Labute approximate surface area is 168 Å². The number of para-hydroxylation sites is 2. The molecule has 28 heavy (non-hydrogen) atoms. The zero-order chi connectivity index (χ0) is 19.3. The first kappa shape index (κ1) is 17.6. The van der Waals surface area contributed by atoms with Crippen LogP contribution in [0.3, 0.4) is 0 Å². The molecule has 0 fully saturated rings. The molecule has 5 rings (SSSR count). The quantitative estimate of drug-likeness (QED) is 0.517. The fraction of sp³-hybridized carbons (Fsp3) is 0.250. The summed E-state index contributed by atoms with van der Waals surface area (Å²) >= 11 is 0. The number of aromatic nitrogens is 1. The van der Waals surface area contributed by atoms with Crippen molar-refractivity contribution >= 4 is 13.5 Å². The van der Waals surface area contributed by atoms with Gasteiger partial charge in [0.1, 0.15) is 19.7 Å². The fourth-order valence-corrected chi connectivity index (χ4v) is 6.58. The zero-order valence-corrected chi connectivity index (χ0v) is 17.5. The molecular weight excluding hydrogens is 363 g/mol. The molecule has 4 heteroatoms. The minimum atomic E-state index is -0.732. The van der Waals surface area contributed by atoms with Gasteiger partial charge in [-0.1, -0.05) is 50.3 Å². The lowest BCUT2D eigenvalue weighted by Gasteiger charge is -2.38. The summed E-state index contributed by atoms with van der Waals surface area (Å²) in [7, 11) is -0.732. The predicted molar refractivity (Wildman–Crippen MR) is 117 cm³/mol. The Morgan fingerprint density at radius 2 is 1.64 bits per heavy atom. The van der Waals surface area contributed by atoms with Crippen LogP contribution < -0.4 is 10.0 Å². The van der Waals surface area contributed by atoms with E-state index in [9.17, 15) is 0 Å². The first-order valence-electron chi connectivity index (χ1n) is 9.85. The molecule has 0 bridgehead atoms. The monoisotopic (exact) mass is 388 g/mol. The van der Waals surface area contributed by atoms with Crippen molar-refractivity contribution in [2.24, 2.45) is 0 Å². The lowest BCUT2D eigenvalue weighted by molar-refractivity contribution is 0.418. The number of hydrogen-bond donors (Lipinski definition) is 0. The van der Waals surface area contributed by atoms with Gasteiger partial charge in [0.25, 0.3) is 0 Å². The van der Waals surface area contributed by atoms with E-state index in [0.717, 1.165) is 24.5 Å². The van der Waals surface area contributed by atoms with E-state index < -0.39 is 8.22 Å². The molecule has 0 radical (unpaired) electrons. The van der Waals surface area contributed by atoms with Gasteiger partial charge in [0.15, 0.2) is 0 Å². The second kappa shape index (κ2) is 6.53. The Bertz CT molecular complexity index is 1050. The van der Waals surface area contributed by atoms with Gasteiger partial charge in [-0.3, -0.25) is 0 Å². The number of ether oxygens (including phenoxy) is 1. The van der Waals surface area contributed by atoms with Crippen molar-refractivity contribution in [3.63, 3.8) is 0 Å². The molecule has 0 saturated carbocycles. The second-order valence-electron chi connectivity index (χ2n) is 8.02. The van der Waals surface area contributed by atoms with Crippen molar-refractivity contribution in [2.75, 3.05) is 6.54 Å². The highest BCUT2D eigenvalue weighted by molar-refractivity contribution is 7.62. The summed E-state index contributed by atoms with van der Waals surface area (Å²) in [6.45, 7) is 7.81. The van der Waals surface area contributed by atoms with Gasteiger partial charge < -0.3 is 13.7 Å². The standard InChI is InChI=1S/C24H25N2OP/c1-18-10-8-11-19-22(18)27-23-20(24(19,2)3)12-9-13-21(23)28(25-14-4-5-15-25)26-16-6-7-17-26/h4-6,8-16H,7,17H2,1-3H3. The van der Waals surface area contributed by atoms with Gasteiger partial charge in [0.05, 0.1) is 5.30 Å². The molecule has 0 spiro atoms. The molecule has 2 aliphatic heterocycles. The van der Waals surface area contributed by atoms with Crippen LogP contribution in [0.25, 0.3) is 0 Å². The predicted octanol–water partition coefficient (Wildman–Crippen LogP) is 5.93. The van der Waals surface area contributed by atoms with Crippen molar-refractivity contribution in [1.29, 1.82) is 0 Å². The zero-order valence-electron chi connectivity index (χ0n) is 16.6. The van der Waals surface area contributed by atoms with Crippen molar-refractivity contribution in [3.8, 4) is 11.5 Å².